The Bertz CT molecular complexity index is 932. The van der Waals surface area contributed by atoms with Crippen molar-refractivity contribution in [3.8, 4) is 0 Å². The van der Waals surface area contributed by atoms with Crippen LogP contribution < -0.4 is 15.4 Å². The van der Waals surface area contributed by atoms with Crippen molar-refractivity contribution in [2.45, 2.75) is 36.7 Å². The van der Waals surface area contributed by atoms with Crippen LogP contribution in [-0.2, 0) is 23.0 Å². The SMILES string of the molecule is CN=C(NCCc1ccccc1F)NCc1ccc(S(=O)(=O)NC2CC2)cc1.I. The molecule has 0 spiro atoms. The largest absolute Gasteiger partial charge is 0.356 e. The Hall–Kier alpha value is -1.72. The predicted molar refractivity (Wildman–Crippen MR) is 124 cm³/mol. The number of halogens is 2. The zero-order valence-electron chi connectivity index (χ0n) is 16.2. The minimum absolute atomic E-state index is 0. The van der Waals surface area contributed by atoms with Crippen molar-refractivity contribution in [2.24, 2.45) is 4.99 Å². The number of hydrogen-bond acceptors (Lipinski definition) is 3. The quantitative estimate of drug-likeness (QED) is 0.278. The molecule has 0 amide bonds. The summed E-state index contributed by atoms with van der Waals surface area (Å²) in [5.41, 5.74) is 1.59. The van der Waals surface area contributed by atoms with E-state index in [4.69, 9.17) is 0 Å². The summed E-state index contributed by atoms with van der Waals surface area (Å²) < 4.78 is 40.7. The molecule has 1 fully saturated rings. The average Bonchev–Trinajstić information content (AvgIpc) is 3.49. The molecule has 0 unspecified atom stereocenters. The summed E-state index contributed by atoms with van der Waals surface area (Å²) in [6.07, 6.45) is 2.36. The highest BCUT2D eigenvalue weighted by Crippen LogP contribution is 2.22. The van der Waals surface area contributed by atoms with Crippen LogP contribution in [0.5, 0.6) is 0 Å². The molecule has 0 radical (unpaired) electrons. The first-order valence-electron chi connectivity index (χ1n) is 9.27. The van der Waals surface area contributed by atoms with Gasteiger partial charge in [-0.3, -0.25) is 4.99 Å². The number of rotatable bonds is 8. The van der Waals surface area contributed by atoms with Gasteiger partial charge in [-0.2, -0.15) is 0 Å². The molecule has 0 atom stereocenters. The lowest BCUT2D eigenvalue weighted by Gasteiger charge is -2.12. The molecule has 1 aliphatic carbocycles. The summed E-state index contributed by atoms with van der Waals surface area (Å²) in [6.45, 7) is 1.04. The highest BCUT2D eigenvalue weighted by Gasteiger charge is 2.27. The topological polar surface area (TPSA) is 82.6 Å². The maximum atomic E-state index is 13.6. The van der Waals surface area contributed by atoms with Gasteiger partial charge in [-0.25, -0.2) is 17.5 Å². The Morgan fingerprint density at radius 3 is 2.41 bits per heavy atom. The Morgan fingerprint density at radius 2 is 1.79 bits per heavy atom. The minimum Gasteiger partial charge on any atom is -0.356 e. The monoisotopic (exact) mass is 532 g/mol. The van der Waals surface area contributed by atoms with Crippen molar-refractivity contribution in [3.63, 3.8) is 0 Å². The van der Waals surface area contributed by atoms with Gasteiger partial charge in [0.1, 0.15) is 5.82 Å². The van der Waals surface area contributed by atoms with Gasteiger partial charge in [-0.1, -0.05) is 30.3 Å². The Morgan fingerprint density at radius 1 is 1.10 bits per heavy atom. The lowest BCUT2D eigenvalue weighted by atomic mass is 10.1. The number of nitrogens with zero attached hydrogens (tertiary/aromatic N) is 1. The zero-order valence-corrected chi connectivity index (χ0v) is 19.3. The van der Waals surface area contributed by atoms with E-state index < -0.39 is 10.0 Å². The molecule has 0 aliphatic heterocycles. The van der Waals surface area contributed by atoms with Crippen LogP contribution in [0.3, 0.4) is 0 Å². The summed E-state index contributed by atoms with van der Waals surface area (Å²) in [7, 11) is -1.76. The van der Waals surface area contributed by atoms with Gasteiger partial charge < -0.3 is 10.6 Å². The second kappa shape index (κ2) is 10.9. The normalized spacial score (nSPS) is 14.2. The van der Waals surface area contributed by atoms with E-state index in [2.05, 4.69) is 20.3 Å². The Balaban J connectivity index is 0.00000300. The second-order valence-corrected chi connectivity index (χ2v) is 8.45. The van der Waals surface area contributed by atoms with Crippen molar-refractivity contribution in [1.29, 1.82) is 0 Å². The van der Waals surface area contributed by atoms with Gasteiger partial charge in [0.15, 0.2) is 5.96 Å². The van der Waals surface area contributed by atoms with Crippen molar-refractivity contribution in [3.05, 3.63) is 65.5 Å². The Kier molecular flexibility index (Phi) is 8.84. The molecule has 1 saturated carbocycles. The Labute approximate surface area is 188 Å². The number of guanidine groups is 1. The van der Waals surface area contributed by atoms with E-state index in [1.165, 1.54) is 6.07 Å². The van der Waals surface area contributed by atoms with Crippen LogP contribution in [-0.4, -0.2) is 34.0 Å². The number of benzene rings is 2. The molecule has 2 aromatic carbocycles. The molecule has 3 rings (SSSR count). The molecule has 0 aromatic heterocycles. The maximum absolute atomic E-state index is 13.6. The van der Waals surface area contributed by atoms with E-state index in [0.717, 1.165) is 18.4 Å². The molecular weight excluding hydrogens is 506 g/mol. The number of nitrogens with one attached hydrogen (secondary N) is 3. The van der Waals surface area contributed by atoms with Crippen molar-refractivity contribution in [1.82, 2.24) is 15.4 Å². The number of hydrogen-bond donors (Lipinski definition) is 3. The van der Waals surface area contributed by atoms with Gasteiger partial charge in [0, 0.05) is 26.2 Å². The first-order valence-corrected chi connectivity index (χ1v) is 10.8. The van der Waals surface area contributed by atoms with Crippen molar-refractivity contribution >= 4 is 40.0 Å². The maximum Gasteiger partial charge on any atom is 0.240 e. The lowest BCUT2D eigenvalue weighted by molar-refractivity contribution is 0.581. The smallest absolute Gasteiger partial charge is 0.240 e. The first kappa shape index (κ1) is 23.6. The predicted octanol–water partition coefficient (Wildman–Crippen LogP) is 2.79. The lowest BCUT2D eigenvalue weighted by Crippen LogP contribution is -2.37. The van der Waals surface area contributed by atoms with Gasteiger partial charge in [0.05, 0.1) is 4.90 Å². The van der Waals surface area contributed by atoms with Gasteiger partial charge in [0.2, 0.25) is 10.0 Å². The van der Waals surface area contributed by atoms with E-state index in [-0.39, 0.29) is 40.7 Å². The van der Waals surface area contributed by atoms with Gasteiger partial charge in [0.25, 0.3) is 0 Å². The van der Waals surface area contributed by atoms with Crippen LogP contribution in [0, 0.1) is 5.82 Å². The molecule has 3 N–H and O–H groups in total. The average molecular weight is 532 g/mol. The van der Waals surface area contributed by atoms with Crippen molar-refractivity contribution in [2.75, 3.05) is 13.6 Å². The van der Waals surface area contributed by atoms with Gasteiger partial charge >= 0.3 is 0 Å². The summed E-state index contributed by atoms with van der Waals surface area (Å²) in [5, 5.41) is 6.31. The van der Waals surface area contributed by atoms with Gasteiger partial charge in [-0.05, 0) is 48.6 Å². The summed E-state index contributed by atoms with van der Waals surface area (Å²) >= 11 is 0. The number of aliphatic imine (C=N–C) groups is 1. The number of sulfonamides is 1. The highest BCUT2D eigenvalue weighted by molar-refractivity contribution is 14.0. The third kappa shape index (κ3) is 7.23. The van der Waals surface area contributed by atoms with E-state index >= 15 is 0 Å². The first-order chi connectivity index (χ1) is 13.5. The zero-order chi connectivity index (χ0) is 20.0. The van der Waals surface area contributed by atoms with E-state index in [1.807, 2.05) is 6.07 Å². The minimum atomic E-state index is -3.43. The molecule has 158 valence electrons. The second-order valence-electron chi connectivity index (χ2n) is 6.73. The van der Waals surface area contributed by atoms with Crippen LogP contribution in [0.1, 0.15) is 24.0 Å². The third-order valence-corrected chi connectivity index (χ3v) is 6.00. The van der Waals surface area contributed by atoms with Crippen LogP contribution in [0.15, 0.2) is 58.4 Å². The highest BCUT2D eigenvalue weighted by atomic mass is 127. The molecule has 6 nitrogen and oxygen atoms in total. The fraction of sp³-hybridized carbons (Fsp3) is 0.350. The van der Waals surface area contributed by atoms with E-state index in [0.29, 0.717) is 31.0 Å². The van der Waals surface area contributed by atoms with E-state index in [9.17, 15) is 12.8 Å². The molecule has 2 aromatic rings. The van der Waals surface area contributed by atoms with Crippen LogP contribution >= 0.6 is 24.0 Å². The molecule has 0 bridgehead atoms. The summed E-state index contributed by atoms with van der Waals surface area (Å²) in [4.78, 5) is 4.42. The fourth-order valence-corrected chi connectivity index (χ4v) is 4.00. The molecule has 1 aliphatic rings. The molecule has 0 saturated heterocycles. The van der Waals surface area contributed by atoms with Crippen molar-refractivity contribution < 1.29 is 12.8 Å². The molecule has 9 heteroatoms. The molecular formula is C20H26FIN4O2S. The van der Waals surface area contributed by atoms with Crippen LogP contribution in [0.4, 0.5) is 4.39 Å². The van der Waals surface area contributed by atoms with Crippen LogP contribution in [0.2, 0.25) is 0 Å². The van der Waals surface area contributed by atoms with Crippen LogP contribution in [0.25, 0.3) is 0 Å². The fourth-order valence-electron chi connectivity index (χ4n) is 2.70. The molecule has 0 heterocycles. The molecule has 29 heavy (non-hydrogen) atoms. The third-order valence-electron chi connectivity index (χ3n) is 4.46. The van der Waals surface area contributed by atoms with Gasteiger partial charge in [-0.15, -0.1) is 24.0 Å². The summed E-state index contributed by atoms with van der Waals surface area (Å²) in [5.74, 6) is 0.391. The van der Waals surface area contributed by atoms with E-state index in [1.54, 1.807) is 43.4 Å². The standard InChI is InChI=1S/C20H25FN4O2S.HI/c1-22-20(23-13-12-16-4-2-3-5-19(16)21)24-14-15-6-10-18(11-7-15)28(26,27)25-17-8-9-17;/h2-7,10-11,17,25H,8-9,12-14H2,1H3,(H2,22,23,24);1H. The summed E-state index contributed by atoms with van der Waals surface area (Å²) in [6, 6.07) is 13.6.